The van der Waals surface area contributed by atoms with E-state index in [2.05, 4.69) is 36.2 Å². The van der Waals surface area contributed by atoms with Gasteiger partial charge in [0.05, 0.1) is 37.4 Å². The molecule has 0 amide bonds. The number of nitrogens with one attached hydrogen (secondary N) is 1. The third kappa shape index (κ3) is 6.24. The third-order valence-electron chi connectivity index (χ3n) is 7.65. The Hall–Kier alpha value is -5.10. The van der Waals surface area contributed by atoms with Gasteiger partial charge in [0.15, 0.2) is 17.2 Å². The molecule has 15 nitrogen and oxygen atoms in total. The number of imidazole rings is 1. The van der Waals surface area contributed by atoms with Gasteiger partial charge in [-0.1, -0.05) is 4.98 Å². The van der Waals surface area contributed by atoms with Gasteiger partial charge in [-0.15, -0.1) is 0 Å². The minimum absolute atomic E-state index is 0.0643. The van der Waals surface area contributed by atoms with Crippen molar-refractivity contribution in [1.82, 2.24) is 29.5 Å². The molecule has 1 saturated carbocycles. The first-order chi connectivity index (χ1) is 21.0. The Morgan fingerprint density at radius 2 is 1.91 bits per heavy atom. The number of hydrogen-bond acceptors (Lipinski definition) is 13. The SMILES string of the molecule is Cn1c(COc2cnc3cc(N4CCOCC4)nc(OC4CCC(Nc5nccnc5C#N)CC4)c3c2)cnc1[N+](=O)[O-]. The Labute approximate surface area is 246 Å². The highest BCUT2D eigenvalue weighted by molar-refractivity contribution is 5.87. The quantitative estimate of drug-likeness (QED) is 0.223. The van der Waals surface area contributed by atoms with Gasteiger partial charge in [-0.25, -0.2) is 14.5 Å². The minimum Gasteiger partial charge on any atom is -0.484 e. The standard InChI is InChI=1S/C28H30N10O5/c1-36-19(15-33-28(36)38(39)40)17-42-21-12-22-23(32-16-21)13-25(37-8-10-41-11-9-37)35-27(22)43-20-4-2-18(3-5-20)34-26-24(14-29)30-6-7-31-26/h6-7,12-13,15-16,18,20H,2-5,8-11,17H2,1H3,(H,31,34). The zero-order chi connectivity index (χ0) is 29.8. The van der Waals surface area contributed by atoms with E-state index in [0.717, 1.165) is 50.1 Å². The number of morpholine rings is 1. The van der Waals surface area contributed by atoms with Gasteiger partial charge in [-0.2, -0.15) is 10.2 Å². The summed E-state index contributed by atoms with van der Waals surface area (Å²) in [5.41, 5.74) is 1.55. The van der Waals surface area contributed by atoms with Crippen molar-refractivity contribution in [2.24, 2.45) is 7.05 Å². The molecule has 1 N–H and O–H groups in total. The van der Waals surface area contributed by atoms with Gasteiger partial charge in [-0.05, 0) is 36.7 Å². The smallest absolute Gasteiger partial charge is 0.434 e. The Bertz CT molecular complexity index is 1660. The van der Waals surface area contributed by atoms with Crippen LogP contribution in [0.15, 0.2) is 36.9 Å². The first kappa shape index (κ1) is 28.0. The molecule has 1 aliphatic heterocycles. The third-order valence-corrected chi connectivity index (χ3v) is 7.65. The van der Waals surface area contributed by atoms with Crippen LogP contribution in [-0.4, -0.2) is 72.9 Å². The largest absolute Gasteiger partial charge is 0.484 e. The fourth-order valence-electron chi connectivity index (χ4n) is 5.28. The molecule has 6 rings (SSSR count). The van der Waals surface area contributed by atoms with Crippen LogP contribution >= 0.6 is 0 Å². The number of pyridine rings is 2. The van der Waals surface area contributed by atoms with Gasteiger partial charge in [0.25, 0.3) is 0 Å². The number of ether oxygens (including phenoxy) is 3. The van der Waals surface area contributed by atoms with Gasteiger partial charge in [0.1, 0.15) is 36.5 Å². The molecule has 0 aromatic carbocycles. The lowest BCUT2D eigenvalue weighted by atomic mass is 9.93. The van der Waals surface area contributed by atoms with E-state index in [-0.39, 0.29) is 30.4 Å². The van der Waals surface area contributed by atoms with Crippen molar-refractivity contribution in [3.05, 3.63) is 58.4 Å². The maximum atomic E-state index is 11.1. The van der Waals surface area contributed by atoms with E-state index < -0.39 is 4.92 Å². The lowest BCUT2D eigenvalue weighted by molar-refractivity contribution is -0.396. The van der Waals surface area contributed by atoms with Gasteiger partial charge >= 0.3 is 5.95 Å². The predicted octanol–water partition coefficient (Wildman–Crippen LogP) is 3.15. The molecule has 43 heavy (non-hydrogen) atoms. The number of nitriles is 1. The van der Waals surface area contributed by atoms with E-state index in [4.69, 9.17) is 19.2 Å². The highest BCUT2D eigenvalue weighted by Gasteiger charge is 2.26. The fourth-order valence-corrected chi connectivity index (χ4v) is 5.28. The zero-order valence-electron chi connectivity index (χ0n) is 23.5. The summed E-state index contributed by atoms with van der Waals surface area (Å²) in [6.45, 7) is 2.77. The van der Waals surface area contributed by atoms with Gasteiger partial charge in [-0.3, -0.25) is 4.98 Å². The second kappa shape index (κ2) is 12.4. The van der Waals surface area contributed by atoms with Crippen LogP contribution in [0.2, 0.25) is 0 Å². The van der Waals surface area contributed by atoms with Crippen molar-refractivity contribution in [2.45, 2.75) is 44.4 Å². The van der Waals surface area contributed by atoms with Crippen LogP contribution in [0.1, 0.15) is 37.1 Å². The highest BCUT2D eigenvalue weighted by atomic mass is 16.6. The topological polar surface area (TPSA) is 179 Å². The Morgan fingerprint density at radius 3 is 2.65 bits per heavy atom. The molecule has 0 atom stereocenters. The maximum absolute atomic E-state index is 11.1. The molecule has 15 heteroatoms. The van der Waals surface area contributed by atoms with E-state index >= 15 is 0 Å². The molecule has 2 aliphatic rings. The van der Waals surface area contributed by atoms with Gasteiger partial charge in [0.2, 0.25) is 5.88 Å². The molecule has 0 bridgehead atoms. The van der Waals surface area contributed by atoms with Crippen molar-refractivity contribution in [1.29, 1.82) is 5.26 Å². The first-order valence-electron chi connectivity index (χ1n) is 14.0. The molecular formula is C28H30N10O5. The van der Waals surface area contributed by atoms with Crippen molar-refractivity contribution in [2.75, 3.05) is 36.5 Å². The number of anilines is 2. The van der Waals surface area contributed by atoms with E-state index in [1.54, 1.807) is 19.4 Å². The number of nitrogens with zero attached hydrogens (tertiary/aromatic N) is 9. The van der Waals surface area contributed by atoms with Crippen molar-refractivity contribution < 1.29 is 19.1 Å². The molecule has 2 fully saturated rings. The minimum atomic E-state index is -0.536. The van der Waals surface area contributed by atoms with Crippen LogP contribution in [0, 0.1) is 21.4 Å². The van der Waals surface area contributed by atoms with E-state index in [1.165, 1.54) is 17.0 Å². The normalized spacial score (nSPS) is 18.7. The Morgan fingerprint density at radius 1 is 1.12 bits per heavy atom. The van der Waals surface area contributed by atoms with Crippen molar-refractivity contribution in [3.63, 3.8) is 0 Å². The maximum Gasteiger partial charge on any atom is 0.434 e. The van der Waals surface area contributed by atoms with Crippen molar-refractivity contribution >= 4 is 28.5 Å². The number of hydrogen-bond donors (Lipinski definition) is 1. The van der Waals surface area contributed by atoms with Gasteiger partial charge < -0.3 is 34.5 Å². The van der Waals surface area contributed by atoms with E-state index in [9.17, 15) is 15.4 Å². The first-order valence-corrected chi connectivity index (χ1v) is 14.0. The summed E-state index contributed by atoms with van der Waals surface area (Å²) in [5, 5.41) is 24.5. The summed E-state index contributed by atoms with van der Waals surface area (Å²) < 4.78 is 19.4. The number of nitro groups is 1. The molecular weight excluding hydrogens is 556 g/mol. The van der Waals surface area contributed by atoms with Crippen LogP contribution in [0.25, 0.3) is 10.9 Å². The molecule has 5 heterocycles. The summed E-state index contributed by atoms with van der Waals surface area (Å²) in [6, 6.07) is 6.01. The summed E-state index contributed by atoms with van der Waals surface area (Å²) >= 11 is 0. The van der Waals surface area contributed by atoms with Gasteiger partial charge in [0, 0.05) is 37.6 Å². The second-order valence-corrected chi connectivity index (χ2v) is 10.4. The molecule has 222 valence electrons. The molecule has 0 radical (unpaired) electrons. The molecule has 0 unspecified atom stereocenters. The summed E-state index contributed by atoms with van der Waals surface area (Å²) in [4.78, 5) is 34.5. The molecule has 0 spiro atoms. The average molecular weight is 587 g/mol. The van der Waals surface area contributed by atoms with E-state index in [1.807, 2.05) is 12.1 Å². The number of aromatic nitrogens is 6. The number of rotatable bonds is 9. The Kier molecular flexibility index (Phi) is 8.09. The highest BCUT2D eigenvalue weighted by Crippen LogP contribution is 2.33. The molecule has 4 aromatic heterocycles. The van der Waals surface area contributed by atoms with Crippen LogP contribution in [0.5, 0.6) is 11.6 Å². The predicted molar refractivity (Wildman–Crippen MR) is 154 cm³/mol. The average Bonchev–Trinajstić information content (AvgIpc) is 3.41. The van der Waals surface area contributed by atoms with Crippen molar-refractivity contribution in [3.8, 4) is 17.7 Å². The molecule has 4 aromatic rings. The number of fused-ring (bicyclic) bond motifs is 1. The van der Waals surface area contributed by atoms with E-state index in [0.29, 0.717) is 41.7 Å². The Balaban J connectivity index is 1.20. The fraction of sp³-hybridized carbons (Fsp3) is 0.429. The summed E-state index contributed by atoms with van der Waals surface area (Å²) in [6.07, 6.45) is 9.29. The molecule has 1 saturated heterocycles. The second-order valence-electron chi connectivity index (χ2n) is 10.4. The van der Waals surface area contributed by atoms with Crippen LogP contribution in [-0.2, 0) is 18.4 Å². The summed E-state index contributed by atoms with van der Waals surface area (Å²) in [5.74, 6) is 1.98. The monoisotopic (exact) mass is 586 g/mol. The lowest BCUT2D eigenvalue weighted by Gasteiger charge is -2.31. The lowest BCUT2D eigenvalue weighted by Crippen LogP contribution is -2.37. The molecule has 1 aliphatic carbocycles. The van der Waals surface area contributed by atoms with Crippen LogP contribution < -0.4 is 19.7 Å². The zero-order valence-corrected chi connectivity index (χ0v) is 23.5. The summed E-state index contributed by atoms with van der Waals surface area (Å²) in [7, 11) is 1.57. The van der Waals surface area contributed by atoms with Crippen LogP contribution in [0.3, 0.4) is 0 Å². The van der Waals surface area contributed by atoms with Crippen LogP contribution in [0.4, 0.5) is 17.6 Å².